The van der Waals surface area contributed by atoms with E-state index in [1.54, 1.807) is 4.90 Å². The topological polar surface area (TPSA) is 97.0 Å². The zero-order valence-electron chi connectivity index (χ0n) is 16.8. The smallest absolute Gasteiger partial charge is 0.292 e. The molecule has 1 saturated carbocycles. The van der Waals surface area contributed by atoms with E-state index < -0.39 is 5.82 Å². The van der Waals surface area contributed by atoms with Crippen LogP contribution in [0.25, 0.3) is 16.7 Å². The number of carbonyl (C=O) groups is 1. The van der Waals surface area contributed by atoms with E-state index >= 15 is 0 Å². The van der Waals surface area contributed by atoms with Crippen molar-refractivity contribution < 1.29 is 13.6 Å². The predicted molar refractivity (Wildman–Crippen MR) is 108 cm³/mol. The molecule has 0 unspecified atom stereocenters. The summed E-state index contributed by atoms with van der Waals surface area (Å²) in [6.45, 7) is 4.84. The van der Waals surface area contributed by atoms with Crippen molar-refractivity contribution in [2.75, 3.05) is 18.4 Å². The molecule has 1 fully saturated rings. The molecular formula is C21H21FN6O2. The van der Waals surface area contributed by atoms with Gasteiger partial charge in [-0.05, 0) is 44.7 Å². The van der Waals surface area contributed by atoms with Crippen LogP contribution in [0, 0.1) is 12.7 Å². The van der Waals surface area contributed by atoms with Crippen LogP contribution in [0.1, 0.15) is 48.4 Å². The van der Waals surface area contributed by atoms with Gasteiger partial charge in [-0.15, -0.1) is 0 Å². The number of hydrogen-bond donors (Lipinski definition) is 1. The zero-order chi connectivity index (χ0) is 20.9. The first-order valence-electron chi connectivity index (χ1n) is 9.93. The first-order chi connectivity index (χ1) is 14.4. The van der Waals surface area contributed by atoms with Crippen LogP contribution in [0.15, 0.2) is 29.0 Å². The molecule has 0 bridgehead atoms. The number of halogens is 1. The van der Waals surface area contributed by atoms with E-state index in [1.165, 1.54) is 0 Å². The summed E-state index contributed by atoms with van der Waals surface area (Å²) in [4.78, 5) is 31.7. The van der Waals surface area contributed by atoms with Gasteiger partial charge in [0.05, 0.1) is 17.8 Å². The Hall–Kier alpha value is -3.36. The molecule has 0 atom stereocenters. The highest BCUT2D eigenvalue weighted by atomic mass is 19.1. The predicted octanol–water partition coefficient (Wildman–Crippen LogP) is 3.35. The lowest BCUT2D eigenvalue weighted by atomic mass is 10.1. The first-order valence-corrected chi connectivity index (χ1v) is 9.93. The molecule has 0 saturated heterocycles. The molecule has 154 valence electrons. The van der Waals surface area contributed by atoms with Crippen LogP contribution in [0.5, 0.6) is 0 Å². The molecule has 0 radical (unpaired) electrons. The quantitative estimate of drug-likeness (QED) is 0.707. The highest BCUT2D eigenvalue weighted by molar-refractivity contribution is 5.95. The van der Waals surface area contributed by atoms with Crippen molar-refractivity contribution >= 4 is 28.4 Å². The number of rotatable bonds is 4. The second-order valence-corrected chi connectivity index (χ2v) is 8.11. The Labute approximate surface area is 172 Å². The van der Waals surface area contributed by atoms with Gasteiger partial charge in [0.25, 0.3) is 5.91 Å². The molecule has 9 heteroatoms. The minimum absolute atomic E-state index is 0.00466. The highest BCUT2D eigenvalue weighted by Crippen LogP contribution is 2.39. The summed E-state index contributed by atoms with van der Waals surface area (Å²) in [6, 6.07) is 1.89. The van der Waals surface area contributed by atoms with Crippen LogP contribution in [0.2, 0.25) is 0 Å². The van der Waals surface area contributed by atoms with E-state index in [1.807, 2.05) is 19.1 Å². The van der Waals surface area contributed by atoms with Gasteiger partial charge in [-0.3, -0.25) is 4.79 Å². The van der Waals surface area contributed by atoms with Gasteiger partial charge >= 0.3 is 0 Å². The van der Waals surface area contributed by atoms with Crippen molar-refractivity contribution in [1.82, 2.24) is 24.8 Å². The molecule has 8 nitrogen and oxygen atoms in total. The SMILES string of the molecule is Cc1cc2c(NC3(C)CC3)nc(C(=O)N3CC=C(c4ncc(F)cn4)CC3)nc2o1. The molecule has 1 N–H and O–H groups in total. The molecule has 0 spiro atoms. The zero-order valence-corrected chi connectivity index (χ0v) is 16.8. The summed E-state index contributed by atoms with van der Waals surface area (Å²) in [5.74, 6) is 1.21. The van der Waals surface area contributed by atoms with Crippen molar-refractivity contribution in [3.63, 3.8) is 0 Å². The first kappa shape index (κ1) is 18.7. The highest BCUT2D eigenvalue weighted by Gasteiger charge is 2.38. The van der Waals surface area contributed by atoms with Crippen LogP contribution in [0.3, 0.4) is 0 Å². The number of nitrogens with zero attached hydrogens (tertiary/aromatic N) is 5. The Morgan fingerprint density at radius 3 is 2.70 bits per heavy atom. The molecule has 3 aromatic rings. The molecule has 30 heavy (non-hydrogen) atoms. The third-order valence-electron chi connectivity index (χ3n) is 5.53. The van der Waals surface area contributed by atoms with Crippen LogP contribution in [0.4, 0.5) is 10.2 Å². The maximum atomic E-state index is 13.1. The Balaban J connectivity index is 1.40. The van der Waals surface area contributed by atoms with Gasteiger partial charge in [-0.1, -0.05) is 6.08 Å². The van der Waals surface area contributed by atoms with E-state index in [0.29, 0.717) is 36.9 Å². The number of aromatic nitrogens is 4. The Morgan fingerprint density at radius 1 is 1.27 bits per heavy atom. The molecule has 1 amide bonds. The second-order valence-electron chi connectivity index (χ2n) is 8.11. The lowest BCUT2D eigenvalue weighted by molar-refractivity contribution is 0.0760. The summed E-state index contributed by atoms with van der Waals surface area (Å²) < 4.78 is 18.7. The van der Waals surface area contributed by atoms with E-state index in [-0.39, 0.29) is 17.3 Å². The van der Waals surface area contributed by atoms with Crippen molar-refractivity contribution in [2.45, 2.75) is 38.6 Å². The molecule has 3 aromatic heterocycles. The fraction of sp³-hybridized carbons (Fsp3) is 0.381. The normalized spacial score (nSPS) is 17.7. The standard InChI is InChI=1S/C21H21FN6O2/c1-12-9-15-17(27-21(2)5-6-21)25-18(26-19(15)30-12)20(29)28-7-3-13(4-8-28)16-23-10-14(22)11-24-16/h3,9-11H,4-8H2,1-2H3,(H,25,26,27). The van der Waals surface area contributed by atoms with Gasteiger partial charge < -0.3 is 14.6 Å². The maximum Gasteiger partial charge on any atom is 0.292 e. The summed E-state index contributed by atoms with van der Waals surface area (Å²) >= 11 is 0. The lowest BCUT2D eigenvalue weighted by Gasteiger charge is -2.25. The third-order valence-corrected chi connectivity index (χ3v) is 5.53. The Bertz CT molecular complexity index is 1170. The number of amides is 1. The molecule has 4 heterocycles. The number of carbonyl (C=O) groups excluding carboxylic acids is 1. The molecule has 5 rings (SSSR count). The van der Waals surface area contributed by atoms with Gasteiger partial charge in [0.1, 0.15) is 11.6 Å². The number of anilines is 1. The summed E-state index contributed by atoms with van der Waals surface area (Å²) in [7, 11) is 0. The van der Waals surface area contributed by atoms with Crippen LogP contribution in [-0.4, -0.2) is 49.4 Å². The van der Waals surface area contributed by atoms with Crippen molar-refractivity contribution in [1.29, 1.82) is 0 Å². The summed E-state index contributed by atoms with van der Waals surface area (Å²) in [5.41, 5.74) is 1.30. The second kappa shape index (κ2) is 6.86. The van der Waals surface area contributed by atoms with Gasteiger partial charge in [-0.25, -0.2) is 19.3 Å². The van der Waals surface area contributed by atoms with E-state index in [0.717, 1.165) is 42.0 Å². The monoisotopic (exact) mass is 408 g/mol. The van der Waals surface area contributed by atoms with Crippen molar-refractivity contribution in [2.24, 2.45) is 0 Å². The van der Waals surface area contributed by atoms with Gasteiger partial charge in [-0.2, -0.15) is 4.98 Å². The number of fused-ring (bicyclic) bond motifs is 1. The molecule has 1 aliphatic heterocycles. The minimum atomic E-state index is -0.475. The van der Waals surface area contributed by atoms with Crippen molar-refractivity contribution in [3.8, 4) is 0 Å². The van der Waals surface area contributed by atoms with E-state index in [4.69, 9.17) is 4.42 Å². The van der Waals surface area contributed by atoms with E-state index in [2.05, 4.69) is 32.2 Å². The summed E-state index contributed by atoms with van der Waals surface area (Å²) in [6.07, 6.45) is 6.86. The average Bonchev–Trinajstić information content (AvgIpc) is 3.33. The van der Waals surface area contributed by atoms with Crippen LogP contribution < -0.4 is 5.32 Å². The Kier molecular flexibility index (Phi) is 4.27. The van der Waals surface area contributed by atoms with Crippen LogP contribution in [-0.2, 0) is 0 Å². The Morgan fingerprint density at radius 2 is 2.03 bits per heavy atom. The molecule has 2 aliphatic rings. The number of hydrogen-bond acceptors (Lipinski definition) is 7. The average molecular weight is 408 g/mol. The van der Waals surface area contributed by atoms with Gasteiger partial charge in [0, 0.05) is 18.6 Å². The fourth-order valence-electron chi connectivity index (χ4n) is 3.51. The number of furan rings is 1. The molecule has 0 aromatic carbocycles. The minimum Gasteiger partial charge on any atom is -0.443 e. The fourth-order valence-corrected chi connectivity index (χ4v) is 3.51. The molecular weight excluding hydrogens is 387 g/mol. The summed E-state index contributed by atoms with van der Waals surface area (Å²) in [5, 5.41) is 4.22. The van der Waals surface area contributed by atoms with Gasteiger partial charge in [0.2, 0.25) is 11.5 Å². The lowest BCUT2D eigenvalue weighted by Crippen LogP contribution is -2.36. The third kappa shape index (κ3) is 3.51. The molecule has 1 aliphatic carbocycles. The largest absolute Gasteiger partial charge is 0.443 e. The number of aryl methyl sites for hydroxylation is 1. The van der Waals surface area contributed by atoms with Gasteiger partial charge in [0.15, 0.2) is 11.6 Å². The van der Waals surface area contributed by atoms with Crippen LogP contribution >= 0.6 is 0 Å². The van der Waals surface area contributed by atoms with Crippen molar-refractivity contribution in [3.05, 3.63) is 47.8 Å². The van der Waals surface area contributed by atoms with E-state index in [9.17, 15) is 9.18 Å². The number of nitrogens with one attached hydrogen (secondary N) is 1. The maximum absolute atomic E-state index is 13.1.